The maximum absolute atomic E-state index is 3.97. The summed E-state index contributed by atoms with van der Waals surface area (Å²) in [5.74, 6) is 0. The molecule has 18 aromatic rings. The average molecular weight is 1530 g/mol. The predicted octanol–water partition coefficient (Wildman–Crippen LogP) is 30.0. The highest BCUT2D eigenvalue weighted by molar-refractivity contribution is 9.10. The molecule has 1 N–H and O–H groups in total. The number of para-hydroxylation sites is 8. The van der Waals surface area contributed by atoms with Crippen LogP contribution in [0.3, 0.4) is 0 Å². The Morgan fingerprint density at radius 2 is 0.530 bits per heavy atom. The summed E-state index contributed by atoms with van der Waals surface area (Å²) in [7, 11) is 0. The summed E-state index contributed by atoms with van der Waals surface area (Å²) in [6, 6.07) is 166. The number of nitrogens with one attached hydrogen (secondary N) is 1. The molecule has 18 aromatic carbocycles. The van der Waals surface area contributed by atoms with Crippen molar-refractivity contribution in [1.82, 2.24) is 0 Å². The van der Waals surface area contributed by atoms with Gasteiger partial charge in [-0.1, -0.05) is 380 Å². The van der Waals surface area contributed by atoms with Crippen LogP contribution in [-0.4, -0.2) is 0 Å². The van der Waals surface area contributed by atoms with E-state index >= 15 is 0 Å². The molecule has 2 heterocycles. The molecule has 22 rings (SSSR count). The molecule has 2 spiro atoms. The second-order valence-corrected chi connectivity index (χ2v) is 30.3. The van der Waals surface area contributed by atoms with Gasteiger partial charge < -0.3 is 20.0 Å². The van der Waals surface area contributed by atoms with E-state index in [1.165, 1.54) is 140 Å². The standard InChI is InChI=1S/C55H38N2.C31H20BrN.C24H19N/c1-4-19-39(20-5-1)40-35-37-43(38-36-40)56(50-31-15-11-25-44(50)41-21-6-2-7-22-41)53-34-18-27-46-45-26-10-12-28-47(45)55(54(46)53)48-29-13-16-32-51(48)57(42-23-8-3-9-24-42)52-33-17-14-30-49(52)55;32-27-18-10-14-23-22-13-4-5-15-24(22)31(30(23)27)25-16-6-8-19-28(25)33(21-11-2-1-3-12-21)29-20-9-7-17-26(29)31;1-3-9-19(10-4-1)20-15-17-22(18-16-20)25-24-14-8-7-13-23(24)21-11-5-2-6-12-21/h1-38H;1-20H;1-18,25H. The first-order chi connectivity index (χ1) is 57.0. The molecule has 2 aliphatic carbocycles. The lowest BCUT2D eigenvalue weighted by Gasteiger charge is -2.46. The SMILES string of the molecule is Brc1cccc2c1C1(c3ccccc3-2)c2ccccc2N(c2ccccc2)c2ccccc21.c1ccc(-c2ccc(N(c3ccccc3-c3ccccc3)c3cccc4c3C3(c5ccccc5-4)c4ccccc4N(c4ccccc4)c4ccccc43)cc2)cc1.c1ccc(-c2ccc(Nc3ccccc3-c3ccccc3)cc2)cc1. The topological polar surface area (TPSA) is 21.8 Å². The third-order valence-corrected chi connectivity index (χ3v) is 23.9. The highest BCUT2D eigenvalue weighted by Gasteiger charge is 2.55. The summed E-state index contributed by atoms with van der Waals surface area (Å²) in [6.07, 6.45) is 0. The Morgan fingerprint density at radius 3 is 1.00 bits per heavy atom. The number of halogens is 1. The first kappa shape index (κ1) is 69.8. The predicted molar refractivity (Wildman–Crippen MR) is 484 cm³/mol. The Morgan fingerprint density at radius 1 is 0.217 bits per heavy atom. The van der Waals surface area contributed by atoms with Crippen LogP contribution in [0.4, 0.5) is 62.6 Å². The molecule has 0 fully saturated rings. The van der Waals surface area contributed by atoms with Crippen molar-refractivity contribution in [2.75, 3.05) is 20.0 Å². The number of hydrogen-bond acceptors (Lipinski definition) is 4. The summed E-state index contributed by atoms with van der Waals surface area (Å²) >= 11 is 3.97. The largest absolute Gasteiger partial charge is 0.355 e. The van der Waals surface area contributed by atoms with Crippen LogP contribution in [-0.2, 0) is 10.8 Å². The molecule has 4 nitrogen and oxygen atoms in total. The molecule has 4 aliphatic rings. The third-order valence-electron chi connectivity index (χ3n) is 23.3. The minimum atomic E-state index is -0.620. The third kappa shape index (κ3) is 12.0. The molecule has 0 radical (unpaired) electrons. The summed E-state index contributed by atoms with van der Waals surface area (Å²) < 4.78 is 1.15. The lowest BCUT2D eigenvalue weighted by atomic mass is 9.64. The van der Waals surface area contributed by atoms with Crippen molar-refractivity contribution in [3.05, 3.63) is 510 Å². The number of benzene rings is 18. The van der Waals surface area contributed by atoms with Gasteiger partial charge in [0, 0.05) is 49.6 Å². The minimum Gasteiger partial charge on any atom is -0.355 e. The molecular formula is C110H77BrN4. The van der Waals surface area contributed by atoms with E-state index in [0.717, 1.165) is 38.6 Å². The molecule has 0 amide bonds. The van der Waals surface area contributed by atoms with Crippen LogP contribution < -0.4 is 20.0 Å². The van der Waals surface area contributed by atoms with Crippen LogP contribution in [0.1, 0.15) is 44.5 Å². The normalized spacial score (nSPS) is 12.8. The summed E-state index contributed by atoms with van der Waals surface area (Å²) in [6.45, 7) is 0. The van der Waals surface area contributed by atoms with Crippen molar-refractivity contribution in [2.45, 2.75) is 10.8 Å². The zero-order valence-electron chi connectivity index (χ0n) is 63.1. The molecule has 0 bridgehead atoms. The van der Waals surface area contributed by atoms with E-state index in [9.17, 15) is 0 Å². The number of nitrogens with zero attached hydrogens (tertiary/aromatic N) is 3. The lowest BCUT2D eigenvalue weighted by Crippen LogP contribution is -2.37. The van der Waals surface area contributed by atoms with E-state index < -0.39 is 5.41 Å². The fourth-order valence-corrected chi connectivity index (χ4v) is 19.2. The van der Waals surface area contributed by atoms with Crippen LogP contribution in [0, 0.1) is 0 Å². The van der Waals surface area contributed by atoms with E-state index in [4.69, 9.17) is 0 Å². The van der Waals surface area contributed by atoms with Crippen molar-refractivity contribution in [3.8, 4) is 66.8 Å². The van der Waals surface area contributed by atoms with Gasteiger partial charge in [-0.3, -0.25) is 0 Å². The fraction of sp³-hybridized carbons (Fsp3) is 0.0182. The Labute approximate surface area is 681 Å². The second kappa shape index (κ2) is 30.0. The van der Waals surface area contributed by atoms with Crippen LogP contribution in [0.25, 0.3) is 66.8 Å². The molecule has 0 unspecified atom stereocenters. The quantitative estimate of drug-likeness (QED) is 0.139. The van der Waals surface area contributed by atoms with Gasteiger partial charge in [0.2, 0.25) is 0 Å². The lowest BCUT2D eigenvalue weighted by molar-refractivity contribution is 0.749. The Kier molecular flexibility index (Phi) is 18.2. The van der Waals surface area contributed by atoms with E-state index in [-0.39, 0.29) is 5.41 Å². The molecule has 0 saturated carbocycles. The van der Waals surface area contributed by atoms with Crippen molar-refractivity contribution >= 4 is 78.5 Å². The summed E-state index contributed by atoms with van der Waals surface area (Å²) in [5.41, 5.74) is 36.9. The fourth-order valence-electron chi connectivity index (χ4n) is 18.5. The minimum absolute atomic E-state index is 0.384. The molecule has 544 valence electrons. The van der Waals surface area contributed by atoms with Gasteiger partial charge in [-0.05, 0) is 192 Å². The number of rotatable bonds is 11. The second-order valence-electron chi connectivity index (χ2n) is 29.5. The van der Waals surface area contributed by atoms with Crippen LogP contribution in [0.5, 0.6) is 0 Å². The first-order valence-corrected chi connectivity index (χ1v) is 40.2. The molecule has 0 atom stereocenters. The van der Waals surface area contributed by atoms with Gasteiger partial charge >= 0.3 is 0 Å². The van der Waals surface area contributed by atoms with E-state index in [2.05, 4.69) is 485 Å². The summed E-state index contributed by atoms with van der Waals surface area (Å²) in [4.78, 5) is 7.37. The summed E-state index contributed by atoms with van der Waals surface area (Å²) in [5, 5.41) is 3.55. The maximum Gasteiger partial charge on any atom is 0.0774 e. The van der Waals surface area contributed by atoms with Crippen molar-refractivity contribution in [2.24, 2.45) is 0 Å². The Balaban J connectivity index is 0.000000124. The Bertz CT molecular complexity index is 6480. The first-order valence-electron chi connectivity index (χ1n) is 39.4. The van der Waals surface area contributed by atoms with Crippen molar-refractivity contribution in [1.29, 1.82) is 0 Å². The van der Waals surface area contributed by atoms with Crippen LogP contribution in [0.15, 0.2) is 466 Å². The number of fused-ring (bicyclic) bond motifs is 18. The molecule has 0 saturated heterocycles. The van der Waals surface area contributed by atoms with Crippen molar-refractivity contribution in [3.63, 3.8) is 0 Å². The van der Waals surface area contributed by atoms with Crippen LogP contribution >= 0.6 is 15.9 Å². The van der Waals surface area contributed by atoms with Gasteiger partial charge in [0.05, 0.1) is 45.0 Å². The highest BCUT2D eigenvalue weighted by Crippen LogP contribution is 2.68. The van der Waals surface area contributed by atoms with E-state index in [1.54, 1.807) is 0 Å². The average Bonchev–Trinajstić information content (AvgIpc) is 1.54. The highest BCUT2D eigenvalue weighted by atomic mass is 79.9. The van der Waals surface area contributed by atoms with Gasteiger partial charge in [-0.15, -0.1) is 0 Å². The van der Waals surface area contributed by atoms with Gasteiger partial charge in [0.1, 0.15) is 0 Å². The van der Waals surface area contributed by atoms with Gasteiger partial charge in [0.15, 0.2) is 0 Å². The van der Waals surface area contributed by atoms with Crippen LogP contribution in [0.2, 0.25) is 0 Å². The molecule has 5 heteroatoms. The Hall–Kier alpha value is -14.4. The van der Waals surface area contributed by atoms with Gasteiger partial charge in [0.25, 0.3) is 0 Å². The number of hydrogen-bond donors (Lipinski definition) is 1. The van der Waals surface area contributed by atoms with Crippen molar-refractivity contribution < 1.29 is 0 Å². The molecule has 115 heavy (non-hydrogen) atoms. The smallest absolute Gasteiger partial charge is 0.0774 e. The zero-order valence-corrected chi connectivity index (χ0v) is 64.7. The van der Waals surface area contributed by atoms with Gasteiger partial charge in [-0.25, -0.2) is 0 Å². The van der Waals surface area contributed by atoms with E-state index in [1.807, 2.05) is 12.1 Å². The number of anilines is 11. The van der Waals surface area contributed by atoms with E-state index in [0.29, 0.717) is 0 Å². The zero-order chi connectivity index (χ0) is 76.7. The maximum atomic E-state index is 3.97. The molecule has 2 aliphatic heterocycles. The molecular weight excluding hydrogens is 1460 g/mol. The van der Waals surface area contributed by atoms with Gasteiger partial charge in [-0.2, -0.15) is 0 Å². The molecule has 0 aromatic heterocycles. The monoisotopic (exact) mass is 1530 g/mol.